The Balaban J connectivity index is 1.64. The number of aromatic nitrogens is 2. The van der Waals surface area contributed by atoms with E-state index in [0.29, 0.717) is 19.0 Å². The lowest BCUT2D eigenvalue weighted by Crippen LogP contribution is -2.40. The Morgan fingerprint density at radius 3 is 2.57 bits per heavy atom. The summed E-state index contributed by atoms with van der Waals surface area (Å²) in [5.74, 6) is 2.04. The van der Waals surface area contributed by atoms with Crippen molar-refractivity contribution in [2.24, 2.45) is 11.8 Å². The molecule has 2 amide bonds. The summed E-state index contributed by atoms with van der Waals surface area (Å²) in [4.78, 5) is 31.9. The molecule has 1 N–H and O–H groups in total. The van der Waals surface area contributed by atoms with Gasteiger partial charge < -0.3 is 14.8 Å². The molecule has 1 aliphatic rings. The second-order valence-corrected chi connectivity index (χ2v) is 8.57. The normalized spacial score (nSPS) is 15.1. The van der Waals surface area contributed by atoms with Crippen LogP contribution in [0.3, 0.4) is 0 Å². The zero-order valence-electron chi connectivity index (χ0n) is 18.7. The topological polar surface area (TPSA) is 67.2 Å². The smallest absolute Gasteiger partial charge is 0.242 e. The average molecular weight is 413 g/mol. The van der Waals surface area contributed by atoms with Gasteiger partial charge in [-0.2, -0.15) is 0 Å². The maximum atomic E-state index is 12.9. The van der Waals surface area contributed by atoms with Gasteiger partial charge in [0.25, 0.3) is 0 Å². The number of nitrogens with one attached hydrogen (secondary N) is 1. The van der Waals surface area contributed by atoms with Gasteiger partial charge in [-0.15, -0.1) is 0 Å². The molecule has 1 aromatic heterocycles. The van der Waals surface area contributed by atoms with E-state index in [-0.39, 0.29) is 17.7 Å². The molecule has 3 rings (SSSR count). The van der Waals surface area contributed by atoms with E-state index in [1.165, 1.54) is 0 Å². The molecule has 30 heavy (non-hydrogen) atoms. The highest BCUT2D eigenvalue weighted by Gasteiger charge is 2.22. The first-order chi connectivity index (χ1) is 14.5. The SMILES string of the molecule is CCC(CC)C(=O)NCCCc1nc2ccccc2n1CC(=O)N1CCC(C)CC1. The van der Waals surface area contributed by atoms with Crippen LogP contribution in [0.2, 0.25) is 0 Å². The van der Waals surface area contributed by atoms with Gasteiger partial charge >= 0.3 is 0 Å². The monoisotopic (exact) mass is 412 g/mol. The van der Waals surface area contributed by atoms with E-state index in [1.807, 2.05) is 29.2 Å². The number of amides is 2. The Morgan fingerprint density at radius 2 is 1.87 bits per heavy atom. The molecule has 1 aliphatic heterocycles. The lowest BCUT2D eigenvalue weighted by Gasteiger charge is -2.30. The predicted molar refractivity (Wildman–Crippen MR) is 120 cm³/mol. The molecule has 6 nitrogen and oxygen atoms in total. The van der Waals surface area contributed by atoms with Gasteiger partial charge in [0.15, 0.2) is 0 Å². The fourth-order valence-electron chi connectivity index (χ4n) is 4.25. The molecule has 6 heteroatoms. The summed E-state index contributed by atoms with van der Waals surface area (Å²) in [6.07, 6.45) is 5.46. The van der Waals surface area contributed by atoms with Crippen LogP contribution in [0, 0.1) is 11.8 Å². The van der Waals surface area contributed by atoms with Crippen molar-refractivity contribution in [3.63, 3.8) is 0 Å². The molecular weight excluding hydrogens is 376 g/mol. The summed E-state index contributed by atoms with van der Waals surface area (Å²) in [6.45, 7) is 9.03. The van der Waals surface area contributed by atoms with E-state index in [2.05, 4.69) is 30.7 Å². The molecule has 2 aromatic rings. The third-order valence-electron chi connectivity index (χ3n) is 6.40. The first-order valence-corrected chi connectivity index (χ1v) is 11.5. The minimum absolute atomic E-state index is 0.0967. The molecule has 0 spiro atoms. The number of carbonyl (C=O) groups excluding carboxylic acids is 2. The quantitative estimate of drug-likeness (QED) is 0.638. The Labute approximate surface area is 180 Å². The Kier molecular flexibility index (Phi) is 7.88. The minimum atomic E-state index is 0.0967. The summed E-state index contributed by atoms with van der Waals surface area (Å²) in [6, 6.07) is 8.00. The van der Waals surface area contributed by atoms with Crippen LogP contribution in [-0.4, -0.2) is 45.9 Å². The second kappa shape index (κ2) is 10.6. The van der Waals surface area contributed by atoms with E-state index in [0.717, 1.165) is 68.5 Å². The third-order valence-corrected chi connectivity index (χ3v) is 6.40. The zero-order valence-corrected chi connectivity index (χ0v) is 18.7. The number of para-hydroxylation sites is 2. The molecule has 1 saturated heterocycles. The fraction of sp³-hybridized carbons (Fsp3) is 0.625. The molecule has 1 fully saturated rings. The van der Waals surface area contributed by atoms with Crippen molar-refractivity contribution >= 4 is 22.8 Å². The number of nitrogens with zero attached hydrogens (tertiary/aromatic N) is 3. The van der Waals surface area contributed by atoms with Gasteiger partial charge in [0.2, 0.25) is 11.8 Å². The number of carbonyl (C=O) groups is 2. The molecule has 0 saturated carbocycles. The highest BCUT2D eigenvalue weighted by molar-refractivity contribution is 5.81. The standard InChI is InChI=1S/C24H36N4O2/c1-4-19(5-2)24(30)25-14-8-11-22-26-20-9-6-7-10-21(20)28(22)17-23(29)27-15-12-18(3)13-16-27/h6-7,9-10,18-19H,4-5,8,11-17H2,1-3H3,(H,25,30). The minimum Gasteiger partial charge on any atom is -0.356 e. The molecule has 0 unspecified atom stereocenters. The molecule has 1 aromatic carbocycles. The van der Waals surface area contributed by atoms with E-state index >= 15 is 0 Å². The van der Waals surface area contributed by atoms with Crippen LogP contribution >= 0.6 is 0 Å². The number of hydrogen-bond donors (Lipinski definition) is 1. The molecule has 0 radical (unpaired) electrons. The number of piperidine rings is 1. The third kappa shape index (κ3) is 5.41. The lowest BCUT2D eigenvalue weighted by atomic mass is 9.99. The number of likely N-dealkylation sites (tertiary alicyclic amines) is 1. The predicted octanol–water partition coefficient (Wildman–Crippen LogP) is 3.78. The van der Waals surface area contributed by atoms with Crippen LogP contribution in [0.25, 0.3) is 11.0 Å². The van der Waals surface area contributed by atoms with Crippen molar-refractivity contribution in [2.75, 3.05) is 19.6 Å². The molecule has 0 aliphatic carbocycles. The maximum absolute atomic E-state index is 12.9. The summed E-state index contributed by atoms with van der Waals surface area (Å²) >= 11 is 0. The molecular formula is C24H36N4O2. The fourth-order valence-corrected chi connectivity index (χ4v) is 4.25. The zero-order chi connectivity index (χ0) is 21.5. The second-order valence-electron chi connectivity index (χ2n) is 8.57. The Bertz CT molecular complexity index is 848. The largest absolute Gasteiger partial charge is 0.356 e. The van der Waals surface area contributed by atoms with Crippen molar-refractivity contribution in [2.45, 2.75) is 65.8 Å². The van der Waals surface area contributed by atoms with Crippen molar-refractivity contribution in [1.82, 2.24) is 19.8 Å². The van der Waals surface area contributed by atoms with Crippen LogP contribution in [-0.2, 0) is 22.6 Å². The van der Waals surface area contributed by atoms with E-state index in [1.54, 1.807) is 0 Å². The Morgan fingerprint density at radius 1 is 1.17 bits per heavy atom. The van der Waals surface area contributed by atoms with Gasteiger partial charge in [-0.3, -0.25) is 9.59 Å². The highest BCUT2D eigenvalue weighted by atomic mass is 16.2. The van der Waals surface area contributed by atoms with Crippen LogP contribution in [0.5, 0.6) is 0 Å². The molecule has 0 bridgehead atoms. The van der Waals surface area contributed by atoms with Gasteiger partial charge in [-0.05, 0) is 50.2 Å². The number of aryl methyl sites for hydroxylation is 1. The lowest BCUT2D eigenvalue weighted by molar-refractivity contribution is -0.133. The maximum Gasteiger partial charge on any atom is 0.242 e. The molecule has 164 valence electrons. The highest BCUT2D eigenvalue weighted by Crippen LogP contribution is 2.20. The summed E-state index contributed by atoms with van der Waals surface area (Å²) in [5.41, 5.74) is 1.93. The van der Waals surface area contributed by atoms with Crippen molar-refractivity contribution in [1.29, 1.82) is 0 Å². The van der Waals surface area contributed by atoms with E-state index < -0.39 is 0 Å². The summed E-state index contributed by atoms with van der Waals surface area (Å²) in [7, 11) is 0. The van der Waals surface area contributed by atoms with Crippen molar-refractivity contribution < 1.29 is 9.59 Å². The summed E-state index contributed by atoms with van der Waals surface area (Å²) in [5, 5.41) is 3.05. The number of rotatable bonds is 9. The number of imidazole rings is 1. The number of fused-ring (bicyclic) bond motifs is 1. The van der Waals surface area contributed by atoms with Gasteiger partial charge in [-0.1, -0.05) is 32.9 Å². The Hall–Kier alpha value is -2.37. The van der Waals surface area contributed by atoms with E-state index in [4.69, 9.17) is 4.98 Å². The first-order valence-electron chi connectivity index (χ1n) is 11.5. The van der Waals surface area contributed by atoms with Gasteiger partial charge in [0.05, 0.1) is 11.0 Å². The van der Waals surface area contributed by atoms with Gasteiger partial charge in [-0.25, -0.2) is 4.98 Å². The van der Waals surface area contributed by atoms with Crippen LogP contribution in [0.15, 0.2) is 24.3 Å². The van der Waals surface area contributed by atoms with Crippen LogP contribution in [0.4, 0.5) is 0 Å². The average Bonchev–Trinajstić information content (AvgIpc) is 3.10. The number of benzene rings is 1. The van der Waals surface area contributed by atoms with Crippen molar-refractivity contribution in [3.05, 3.63) is 30.1 Å². The van der Waals surface area contributed by atoms with Crippen LogP contribution < -0.4 is 5.32 Å². The number of hydrogen-bond acceptors (Lipinski definition) is 3. The molecule has 0 atom stereocenters. The van der Waals surface area contributed by atoms with Crippen molar-refractivity contribution in [3.8, 4) is 0 Å². The van der Waals surface area contributed by atoms with Gasteiger partial charge in [0, 0.05) is 32.0 Å². The summed E-state index contributed by atoms with van der Waals surface area (Å²) < 4.78 is 2.07. The first kappa shape index (κ1) is 22.3. The van der Waals surface area contributed by atoms with E-state index in [9.17, 15) is 9.59 Å². The molecule has 2 heterocycles. The van der Waals surface area contributed by atoms with Gasteiger partial charge in [0.1, 0.15) is 12.4 Å². The van der Waals surface area contributed by atoms with Crippen LogP contribution in [0.1, 0.15) is 58.7 Å².